The van der Waals surface area contributed by atoms with Crippen LogP contribution in [0.25, 0.3) is 0 Å². The van der Waals surface area contributed by atoms with E-state index in [2.05, 4.69) is 9.47 Å². The molecule has 0 fully saturated rings. The second-order valence-electron chi connectivity index (χ2n) is 2.61. The molecule has 0 heterocycles. The summed E-state index contributed by atoms with van der Waals surface area (Å²) < 4.78 is 38.1. The van der Waals surface area contributed by atoms with Gasteiger partial charge >= 0.3 is 11.9 Å². The number of hydrogen-bond acceptors (Lipinski definition) is 6. The monoisotopic (exact) mass is 240 g/mol. The number of carbonyl (C=O) groups is 2. The predicted molar refractivity (Wildman–Crippen MR) is 48.4 cm³/mol. The van der Waals surface area contributed by atoms with E-state index in [1.807, 2.05) is 0 Å². The first-order valence-corrected chi connectivity index (χ1v) is 5.58. The maximum absolute atomic E-state index is 10.9. The molecule has 0 aromatic rings. The van der Waals surface area contributed by atoms with Crippen LogP contribution in [-0.2, 0) is 29.2 Å². The Morgan fingerprint density at radius 1 is 1.33 bits per heavy atom. The fraction of sp³-hybridized carbons (Fsp3) is 0.714. The van der Waals surface area contributed by atoms with E-state index >= 15 is 0 Å². The van der Waals surface area contributed by atoms with E-state index in [0.717, 1.165) is 6.92 Å². The molecule has 1 N–H and O–H groups in total. The second-order valence-corrected chi connectivity index (χ2v) is 4.35. The SMILES string of the molecule is CCC(=O)OCOC(=O)C(C)S(=O)(=O)O. The third-order valence-corrected chi connectivity index (χ3v) is 2.57. The van der Waals surface area contributed by atoms with Crippen molar-refractivity contribution in [2.75, 3.05) is 6.79 Å². The molecule has 0 aliphatic rings. The lowest BCUT2D eigenvalue weighted by atomic mass is 10.5. The molecule has 0 aliphatic carbocycles. The average Bonchev–Trinajstić information content (AvgIpc) is 2.14. The van der Waals surface area contributed by atoms with Crippen LogP contribution in [0.2, 0.25) is 0 Å². The van der Waals surface area contributed by atoms with Crippen molar-refractivity contribution in [2.45, 2.75) is 25.5 Å². The van der Waals surface area contributed by atoms with E-state index in [0.29, 0.717) is 0 Å². The van der Waals surface area contributed by atoms with Crippen molar-refractivity contribution >= 4 is 22.1 Å². The van der Waals surface area contributed by atoms with Crippen molar-refractivity contribution in [3.8, 4) is 0 Å². The molecule has 0 spiro atoms. The van der Waals surface area contributed by atoms with Gasteiger partial charge in [-0.15, -0.1) is 0 Å². The van der Waals surface area contributed by atoms with Crippen LogP contribution in [0.5, 0.6) is 0 Å². The summed E-state index contributed by atoms with van der Waals surface area (Å²) in [5.41, 5.74) is 0. The fourth-order valence-electron chi connectivity index (χ4n) is 0.494. The Morgan fingerprint density at radius 3 is 2.27 bits per heavy atom. The van der Waals surface area contributed by atoms with Gasteiger partial charge in [-0.25, -0.2) is 0 Å². The van der Waals surface area contributed by atoms with Crippen molar-refractivity contribution < 1.29 is 32.0 Å². The highest BCUT2D eigenvalue weighted by atomic mass is 32.2. The Hall–Kier alpha value is -1.15. The minimum atomic E-state index is -4.47. The number of rotatable bonds is 5. The lowest BCUT2D eigenvalue weighted by Gasteiger charge is -2.08. The highest BCUT2D eigenvalue weighted by Crippen LogP contribution is 2.00. The maximum atomic E-state index is 10.9. The topological polar surface area (TPSA) is 107 Å². The number of hydrogen-bond donors (Lipinski definition) is 1. The summed E-state index contributed by atoms with van der Waals surface area (Å²) in [5, 5.41) is -1.70. The van der Waals surface area contributed by atoms with Crippen LogP contribution in [0.4, 0.5) is 0 Å². The fourth-order valence-corrected chi connectivity index (χ4v) is 0.806. The number of ether oxygens (including phenoxy) is 2. The van der Waals surface area contributed by atoms with E-state index in [1.54, 1.807) is 6.92 Å². The van der Waals surface area contributed by atoms with Gasteiger partial charge in [0.15, 0.2) is 5.25 Å². The van der Waals surface area contributed by atoms with Crippen molar-refractivity contribution in [2.24, 2.45) is 0 Å². The molecule has 0 radical (unpaired) electrons. The summed E-state index contributed by atoms with van der Waals surface area (Å²) in [6.45, 7) is 1.84. The minimum absolute atomic E-state index is 0.116. The largest absolute Gasteiger partial charge is 0.428 e. The van der Waals surface area contributed by atoms with Crippen LogP contribution in [0.15, 0.2) is 0 Å². The van der Waals surface area contributed by atoms with Crippen LogP contribution >= 0.6 is 0 Å². The normalized spacial score (nSPS) is 13.0. The summed E-state index contributed by atoms with van der Waals surface area (Å²) in [6.07, 6.45) is 0.116. The van der Waals surface area contributed by atoms with Crippen molar-refractivity contribution in [3.05, 3.63) is 0 Å². The van der Waals surface area contributed by atoms with Gasteiger partial charge in [0.25, 0.3) is 10.1 Å². The molecule has 0 aliphatic heterocycles. The summed E-state index contributed by atoms with van der Waals surface area (Å²) >= 11 is 0. The molecule has 1 atom stereocenters. The summed E-state index contributed by atoms with van der Waals surface area (Å²) in [7, 11) is -4.47. The third kappa shape index (κ3) is 5.33. The van der Waals surface area contributed by atoms with Crippen LogP contribution in [-0.4, -0.2) is 37.0 Å². The zero-order valence-electron chi connectivity index (χ0n) is 8.30. The van der Waals surface area contributed by atoms with Crippen molar-refractivity contribution in [1.82, 2.24) is 0 Å². The molecule has 7 nitrogen and oxygen atoms in total. The molecule has 8 heteroatoms. The molecular weight excluding hydrogens is 228 g/mol. The molecule has 0 bridgehead atoms. The van der Waals surface area contributed by atoms with Gasteiger partial charge in [-0.2, -0.15) is 8.42 Å². The van der Waals surface area contributed by atoms with E-state index in [-0.39, 0.29) is 6.42 Å². The second kappa shape index (κ2) is 5.66. The van der Waals surface area contributed by atoms with E-state index in [4.69, 9.17) is 4.55 Å². The average molecular weight is 240 g/mol. The zero-order chi connectivity index (χ0) is 12.1. The molecule has 0 rings (SSSR count). The quantitative estimate of drug-likeness (QED) is 0.400. The Kier molecular flexibility index (Phi) is 5.23. The number of esters is 2. The minimum Gasteiger partial charge on any atom is -0.428 e. The van der Waals surface area contributed by atoms with Crippen LogP contribution in [0.3, 0.4) is 0 Å². The summed E-state index contributed by atoms with van der Waals surface area (Å²) in [5.74, 6) is -1.76. The number of carbonyl (C=O) groups excluding carboxylic acids is 2. The van der Waals surface area contributed by atoms with Crippen LogP contribution in [0, 0.1) is 0 Å². The van der Waals surface area contributed by atoms with Crippen LogP contribution < -0.4 is 0 Å². The molecule has 0 amide bonds. The first kappa shape index (κ1) is 13.8. The van der Waals surface area contributed by atoms with Gasteiger partial charge in [0.1, 0.15) is 0 Å². The molecule has 1 unspecified atom stereocenters. The molecular formula is C7H12O7S. The van der Waals surface area contributed by atoms with Gasteiger partial charge in [-0.05, 0) is 6.92 Å². The van der Waals surface area contributed by atoms with E-state index < -0.39 is 34.1 Å². The lowest BCUT2D eigenvalue weighted by Crippen LogP contribution is -2.29. The van der Waals surface area contributed by atoms with E-state index in [1.165, 1.54) is 0 Å². The Balaban J connectivity index is 4.01. The zero-order valence-corrected chi connectivity index (χ0v) is 9.11. The molecule has 0 aromatic heterocycles. The summed E-state index contributed by atoms with van der Waals surface area (Å²) in [6, 6.07) is 0. The Bertz CT molecular complexity index is 331. The van der Waals surface area contributed by atoms with E-state index in [9.17, 15) is 18.0 Å². The molecule has 0 saturated heterocycles. The van der Waals surface area contributed by atoms with Gasteiger partial charge < -0.3 is 9.47 Å². The lowest BCUT2D eigenvalue weighted by molar-refractivity contribution is -0.166. The van der Waals surface area contributed by atoms with Crippen molar-refractivity contribution in [3.63, 3.8) is 0 Å². The third-order valence-electron chi connectivity index (χ3n) is 1.49. The maximum Gasteiger partial charge on any atom is 0.329 e. The van der Waals surface area contributed by atoms with Gasteiger partial charge in [0.2, 0.25) is 6.79 Å². The highest BCUT2D eigenvalue weighted by molar-refractivity contribution is 7.87. The van der Waals surface area contributed by atoms with Gasteiger partial charge in [-0.3, -0.25) is 14.1 Å². The van der Waals surface area contributed by atoms with Gasteiger partial charge in [0.05, 0.1) is 0 Å². The summed E-state index contributed by atoms with van der Waals surface area (Å²) in [4.78, 5) is 21.5. The smallest absolute Gasteiger partial charge is 0.329 e. The predicted octanol–water partition coefficient (Wildman–Crippen LogP) is -0.283. The van der Waals surface area contributed by atoms with Gasteiger partial charge in [0, 0.05) is 6.42 Å². The molecule has 15 heavy (non-hydrogen) atoms. The molecule has 88 valence electrons. The molecule has 0 saturated carbocycles. The highest BCUT2D eigenvalue weighted by Gasteiger charge is 2.27. The first-order valence-electron chi connectivity index (χ1n) is 4.07. The first-order chi connectivity index (χ1) is 6.79. The Labute approximate surface area is 87.1 Å². The van der Waals surface area contributed by atoms with Crippen molar-refractivity contribution in [1.29, 1.82) is 0 Å². The van der Waals surface area contributed by atoms with Gasteiger partial charge in [-0.1, -0.05) is 6.92 Å². The molecule has 0 aromatic carbocycles. The Morgan fingerprint density at radius 2 is 1.87 bits per heavy atom. The van der Waals surface area contributed by atoms with Crippen LogP contribution in [0.1, 0.15) is 20.3 Å². The standard InChI is InChI=1S/C7H12O7S/c1-3-6(8)13-4-14-7(9)5(2)15(10,11)12/h5H,3-4H2,1-2H3,(H,10,11,12).